The second-order valence-corrected chi connectivity index (χ2v) is 13.9. The lowest BCUT2D eigenvalue weighted by atomic mass is 10.1. The third kappa shape index (κ3) is 39.6. The van der Waals surface area contributed by atoms with E-state index in [-0.39, 0.29) is 24.5 Å². The number of carboxylic acids is 1. The van der Waals surface area contributed by atoms with Gasteiger partial charge in [-0.1, -0.05) is 158 Å². The normalized spacial score (nSPS) is 12.8. The van der Waals surface area contributed by atoms with Crippen LogP contribution in [-0.4, -0.2) is 35.6 Å². The molecule has 52 heavy (non-hydrogen) atoms. The molecule has 6 heteroatoms. The van der Waals surface area contributed by atoms with Crippen LogP contribution in [0.15, 0.2) is 72.9 Å². The minimum atomic E-state index is -1.02. The van der Waals surface area contributed by atoms with E-state index in [4.69, 9.17) is 9.84 Å². The minimum Gasteiger partial charge on any atom is -0.480 e. The summed E-state index contributed by atoms with van der Waals surface area (Å²) in [6.45, 7) is 4.08. The van der Waals surface area contributed by atoms with Gasteiger partial charge in [-0.2, -0.15) is 0 Å². The molecule has 1 atom stereocenters. The number of nitrogens with one attached hydrogen (secondary N) is 1. The molecule has 0 aromatic heterocycles. The summed E-state index contributed by atoms with van der Waals surface area (Å²) in [5.41, 5.74) is 0. The van der Waals surface area contributed by atoms with E-state index >= 15 is 0 Å². The quantitative estimate of drug-likeness (QED) is 0.0378. The SMILES string of the molecule is CC/C=C\C/C=C\C/C=C\C(CCCCCCCCC(=O)NCC(=O)O)OC(=O)CCCCCCCC/C=C\C/C=C\C/C=C\CCCCCCC. The average Bonchev–Trinajstić information content (AvgIpc) is 3.13. The van der Waals surface area contributed by atoms with E-state index in [1.54, 1.807) is 0 Å². The molecule has 0 saturated carbocycles. The lowest BCUT2D eigenvalue weighted by Crippen LogP contribution is -2.28. The number of carboxylic acid groups (broad SMARTS) is 1. The Morgan fingerprint density at radius 1 is 0.538 bits per heavy atom. The zero-order valence-electron chi connectivity index (χ0n) is 33.4. The van der Waals surface area contributed by atoms with Crippen molar-refractivity contribution < 1.29 is 24.2 Å². The Balaban J connectivity index is 4.13. The molecule has 0 aromatic carbocycles. The second-order valence-electron chi connectivity index (χ2n) is 13.9. The van der Waals surface area contributed by atoms with E-state index < -0.39 is 5.97 Å². The van der Waals surface area contributed by atoms with Crippen molar-refractivity contribution >= 4 is 17.8 Å². The lowest BCUT2D eigenvalue weighted by Gasteiger charge is -2.14. The summed E-state index contributed by atoms with van der Waals surface area (Å²) in [6, 6.07) is 0. The van der Waals surface area contributed by atoms with Gasteiger partial charge in [0, 0.05) is 12.8 Å². The van der Waals surface area contributed by atoms with Crippen LogP contribution in [-0.2, 0) is 19.1 Å². The van der Waals surface area contributed by atoms with Crippen LogP contribution in [0.25, 0.3) is 0 Å². The van der Waals surface area contributed by atoms with Gasteiger partial charge in [0.2, 0.25) is 5.91 Å². The molecular weight excluding hydrogens is 647 g/mol. The number of hydrogen-bond donors (Lipinski definition) is 2. The van der Waals surface area contributed by atoms with E-state index in [0.29, 0.717) is 12.8 Å². The van der Waals surface area contributed by atoms with Gasteiger partial charge in [0.25, 0.3) is 0 Å². The molecular formula is C46H77NO5. The highest BCUT2D eigenvalue weighted by atomic mass is 16.5. The number of allylic oxidation sites excluding steroid dienone is 11. The standard InChI is InChI=1S/C46H77NO5/c1-3-5-7-9-11-13-14-15-16-17-18-19-20-21-22-23-24-25-27-33-37-41-46(51)52-43(38-34-30-26-12-10-8-6-4-2)39-35-31-28-29-32-36-40-44(48)47-42-45(49)50/h6,8,12,14-15,17-18,20-21,26,34,38,43H,3-5,7,9-11,13,16,19,22-25,27-33,35-37,39-42H2,1-2H3,(H,47,48)(H,49,50)/b8-6-,15-14-,18-17-,21-20-,26-12-,38-34-. The molecule has 0 spiro atoms. The van der Waals surface area contributed by atoms with E-state index in [9.17, 15) is 14.4 Å². The molecule has 296 valence electrons. The molecule has 6 nitrogen and oxygen atoms in total. The Morgan fingerprint density at radius 3 is 1.56 bits per heavy atom. The van der Waals surface area contributed by atoms with Gasteiger partial charge in [0.15, 0.2) is 0 Å². The maximum absolute atomic E-state index is 12.7. The largest absolute Gasteiger partial charge is 0.480 e. The van der Waals surface area contributed by atoms with Crippen molar-refractivity contribution in [3.05, 3.63) is 72.9 Å². The van der Waals surface area contributed by atoms with Gasteiger partial charge in [-0.25, -0.2) is 0 Å². The number of carbonyl (C=O) groups excluding carboxylic acids is 2. The number of rotatable bonds is 37. The molecule has 0 aliphatic carbocycles. The maximum Gasteiger partial charge on any atom is 0.322 e. The van der Waals surface area contributed by atoms with Crippen molar-refractivity contribution in [1.29, 1.82) is 0 Å². The minimum absolute atomic E-state index is 0.0934. The first-order valence-electron chi connectivity index (χ1n) is 21.1. The van der Waals surface area contributed by atoms with Crippen molar-refractivity contribution in [2.24, 2.45) is 0 Å². The average molecular weight is 724 g/mol. The van der Waals surface area contributed by atoms with Gasteiger partial charge < -0.3 is 15.2 Å². The molecule has 0 aliphatic rings. The maximum atomic E-state index is 12.7. The summed E-state index contributed by atoms with van der Waals surface area (Å²) in [6.07, 6.45) is 54.8. The fourth-order valence-corrected chi connectivity index (χ4v) is 5.75. The third-order valence-corrected chi connectivity index (χ3v) is 8.85. The molecule has 0 aliphatic heterocycles. The van der Waals surface area contributed by atoms with Gasteiger partial charge in [0.05, 0.1) is 0 Å². The van der Waals surface area contributed by atoms with Crippen molar-refractivity contribution in [3.63, 3.8) is 0 Å². The number of hydrogen-bond acceptors (Lipinski definition) is 4. The summed E-state index contributed by atoms with van der Waals surface area (Å²) in [5.74, 6) is -1.32. The Kier molecular flexibility index (Phi) is 38.2. The molecule has 2 N–H and O–H groups in total. The summed E-state index contributed by atoms with van der Waals surface area (Å²) in [5, 5.41) is 11.0. The van der Waals surface area contributed by atoms with Crippen LogP contribution in [0.1, 0.15) is 187 Å². The van der Waals surface area contributed by atoms with Crippen LogP contribution in [0.2, 0.25) is 0 Å². The monoisotopic (exact) mass is 724 g/mol. The highest BCUT2D eigenvalue weighted by Gasteiger charge is 2.11. The van der Waals surface area contributed by atoms with E-state index in [2.05, 4.69) is 92.1 Å². The predicted molar refractivity (Wildman–Crippen MR) is 221 cm³/mol. The van der Waals surface area contributed by atoms with Gasteiger partial charge in [0.1, 0.15) is 12.6 Å². The van der Waals surface area contributed by atoms with E-state index in [1.165, 1.54) is 64.2 Å². The van der Waals surface area contributed by atoms with Crippen LogP contribution < -0.4 is 5.32 Å². The lowest BCUT2D eigenvalue weighted by molar-refractivity contribution is -0.147. The Bertz CT molecular complexity index is 1020. The van der Waals surface area contributed by atoms with E-state index in [1.807, 2.05) is 0 Å². The summed E-state index contributed by atoms with van der Waals surface area (Å²) in [7, 11) is 0. The van der Waals surface area contributed by atoms with Crippen LogP contribution in [0.5, 0.6) is 0 Å². The number of aliphatic carboxylic acids is 1. The van der Waals surface area contributed by atoms with Crippen LogP contribution >= 0.6 is 0 Å². The first-order valence-corrected chi connectivity index (χ1v) is 21.1. The Morgan fingerprint density at radius 2 is 1.00 bits per heavy atom. The zero-order chi connectivity index (χ0) is 38.0. The summed E-state index contributed by atoms with van der Waals surface area (Å²) >= 11 is 0. The third-order valence-electron chi connectivity index (χ3n) is 8.85. The fourth-order valence-electron chi connectivity index (χ4n) is 5.75. The number of ether oxygens (including phenoxy) is 1. The molecule has 0 radical (unpaired) electrons. The molecule has 0 rings (SSSR count). The number of amides is 1. The van der Waals surface area contributed by atoms with Crippen LogP contribution in [0.3, 0.4) is 0 Å². The van der Waals surface area contributed by atoms with Crippen LogP contribution in [0.4, 0.5) is 0 Å². The summed E-state index contributed by atoms with van der Waals surface area (Å²) < 4.78 is 5.90. The van der Waals surface area contributed by atoms with Gasteiger partial charge in [-0.3, -0.25) is 14.4 Å². The van der Waals surface area contributed by atoms with Gasteiger partial charge >= 0.3 is 11.9 Å². The zero-order valence-corrected chi connectivity index (χ0v) is 33.4. The molecule has 0 heterocycles. The number of esters is 1. The molecule has 0 bridgehead atoms. The first kappa shape index (κ1) is 48.9. The van der Waals surface area contributed by atoms with Gasteiger partial charge in [-0.05, 0) is 89.5 Å². The smallest absolute Gasteiger partial charge is 0.322 e. The Hall–Kier alpha value is -3.15. The summed E-state index contributed by atoms with van der Waals surface area (Å²) in [4.78, 5) is 34.8. The topological polar surface area (TPSA) is 92.7 Å². The first-order chi connectivity index (χ1) is 25.5. The van der Waals surface area contributed by atoms with E-state index in [0.717, 1.165) is 96.3 Å². The number of carbonyl (C=O) groups is 3. The fraction of sp³-hybridized carbons (Fsp3) is 0.674. The molecule has 0 saturated heterocycles. The highest BCUT2D eigenvalue weighted by molar-refractivity contribution is 5.80. The van der Waals surface area contributed by atoms with Gasteiger partial charge in [-0.15, -0.1) is 0 Å². The molecule has 1 unspecified atom stereocenters. The van der Waals surface area contributed by atoms with Crippen molar-refractivity contribution in [1.82, 2.24) is 5.32 Å². The van der Waals surface area contributed by atoms with Crippen LogP contribution in [0, 0.1) is 0 Å². The second kappa shape index (κ2) is 40.6. The van der Waals surface area contributed by atoms with Crippen molar-refractivity contribution in [2.75, 3.05) is 6.54 Å². The highest BCUT2D eigenvalue weighted by Crippen LogP contribution is 2.15. The predicted octanol–water partition coefficient (Wildman–Crippen LogP) is 13.0. The molecule has 1 amide bonds. The molecule has 0 aromatic rings. The Labute approximate surface area is 319 Å². The number of unbranched alkanes of at least 4 members (excludes halogenated alkanes) is 16. The molecule has 0 fully saturated rings. The van der Waals surface area contributed by atoms with Crippen molar-refractivity contribution in [3.8, 4) is 0 Å². The van der Waals surface area contributed by atoms with Crippen molar-refractivity contribution in [2.45, 2.75) is 193 Å².